The molecular weight excluding hydrogens is 372 g/mol. The number of hydrogen-bond donors (Lipinski definition) is 1. The van der Waals surface area contributed by atoms with Crippen LogP contribution in [0.3, 0.4) is 0 Å². The van der Waals surface area contributed by atoms with Crippen LogP contribution in [0.2, 0.25) is 0 Å². The second-order valence-corrected chi connectivity index (χ2v) is 8.97. The van der Waals surface area contributed by atoms with Gasteiger partial charge in [0.2, 0.25) is 0 Å². The molecule has 0 unspecified atom stereocenters. The van der Waals surface area contributed by atoms with E-state index < -0.39 is 16.0 Å². The number of benzene rings is 1. The van der Waals surface area contributed by atoms with Gasteiger partial charge in [-0.15, -0.1) is 15.7 Å². The van der Waals surface area contributed by atoms with Crippen LogP contribution < -0.4 is 5.32 Å². The average molecular weight is 390 g/mol. The number of carbonyl (C=O) groups excluding carboxylic acids is 1. The molecule has 6 nitrogen and oxygen atoms in total. The molecule has 0 radical (unpaired) electrons. The quantitative estimate of drug-likeness (QED) is 0.628. The number of rotatable bonds is 2. The van der Waals surface area contributed by atoms with E-state index in [0.717, 1.165) is 37.7 Å². The summed E-state index contributed by atoms with van der Waals surface area (Å²) in [5.74, 6) is -0.149. The maximum absolute atomic E-state index is 12.4. The molecule has 0 bridgehead atoms. The Balaban J connectivity index is 1.79. The molecule has 8 heteroatoms. The number of sulfonamides is 1. The highest BCUT2D eigenvalue weighted by Crippen LogP contribution is 2.39. The summed E-state index contributed by atoms with van der Waals surface area (Å²) in [5, 5.41) is 3.71. The predicted molar refractivity (Wildman–Crippen MR) is 101 cm³/mol. The molecule has 26 heavy (non-hydrogen) atoms. The summed E-state index contributed by atoms with van der Waals surface area (Å²) < 4.78 is 33.4. The Morgan fingerprint density at radius 3 is 2.77 bits per heavy atom. The van der Waals surface area contributed by atoms with Crippen molar-refractivity contribution >= 4 is 38.2 Å². The molecule has 2 heterocycles. The number of anilines is 1. The molecule has 1 aromatic carbocycles. The summed E-state index contributed by atoms with van der Waals surface area (Å²) in [6, 6.07) is 6.68. The van der Waals surface area contributed by atoms with Crippen LogP contribution in [0.25, 0.3) is 0 Å². The topological polar surface area (TPSA) is 84.8 Å². The van der Waals surface area contributed by atoms with Crippen LogP contribution in [0.15, 0.2) is 33.6 Å². The van der Waals surface area contributed by atoms with E-state index >= 15 is 0 Å². The lowest BCUT2D eigenvalue weighted by Gasteiger charge is -2.08. The Morgan fingerprint density at radius 1 is 1.19 bits per heavy atom. The maximum atomic E-state index is 12.4. The molecule has 136 valence electrons. The van der Waals surface area contributed by atoms with Crippen molar-refractivity contribution in [1.82, 2.24) is 0 Å². The van der Waals surface area contributed by atoms with Crippen molar-refractivity contribution < 1.29 is 17.9 Å². The fourth-order valence-corrected chi connectivity index (χ4v) is 5.90. The van der Waals surface area contributed by atoms with Crippen molar-refractivity contribution in [3.63, 3.8) is 0 Å². The molecule has 1 aromatic heterocycles. The van der Waals surface area contributed by atoms with E-state index in [2.05, 4.69) is 9.71 Å². The van der Waals surface area contributed by atoms with Crippen LogP contribution in [0.1, 0.15) is 45.6 Å². The van der Waals surface area contributed by atoms with E-state index in [0.29, 0.717) is 16.1 Å². The summed E-state index contributed by atoms with van der Waals surface area (Å²) in [6.07, 6.45) is 5.02. The average Bonchev–Trinajstić information content (AvgIpc) is 2.98. The Kier molecular flexibility index (Phi) is 4.32. The first kappa shape index (κ1) is 17.2. The number of esters is 1. The van der Waals surface area contributed by atoms with Gasteiger partial charge in [0.05, 0.1) is 12.7 Å². The van der Waals surface area contributed by atoms with Crippen LogP contribution in [-0.2, 0) is 27.6 Å². The summed E-state index contributed by atoms with van der Waals surface area (Å²) in [7, 11) is -2.35. The number of nitrogens with one attached hydrogen (secondary N) is 1. The Morgan fingerprint density at radius 2 is 1.96 bits per heavy atom. The fourth-order valence-electron chi connectivity index (χ4n) is 3.45. The van der Waals surface area contributed by atoms with Gasteiger partial charge in [0.1, 0.15) is 9.90 Å². The number of thiophene rings is 1. The lowest BCUT2D eigenvalue weighted by Crippen LogP contribution is -2.14. The molecule has 0 saturated heterocycles. The second-order valence-electron chi connectivity index (χ2n) is 6.30. The number of methoxy groups -OCH3 is 1. The van der Waals surface area contributed by atoms with Crippen LogP contribution in [0.4, 0.5) is 5.00 Å². The summed E-state index contributed by atoms with van der Waals surface area (Å²) >= 11 is 1.49. The zero-order valence-corrected chi connectivity index (χ0v) is 15.9. The zero-order valence-electron chi connectivity index (χ0n) is 14.2. The molecule has 2 aliphatic rings. The highest BCUT2D eigenvalue weighted by atomic mass is 32.2. The minimum atomic E-state index is -3.71. The van der Waals surface area contributed by atoms with Crippen LogP contribution in [0.5, 0.6) is 0 Å². The van der Waals surface area contributed by atoms with E-state index in [1.165, 1.54) is 29.4 Å². The van der Waals surface area contributed by atoms with Crippen molar-refractivity contribution in [1.29, 1.82) is 0 Å². The van der Waals surface area contributed by atoms with Gasteiger partial charge in [0, 0.05) is 10.4 Å². The standard InChI is InChI=1S/C18H18N2O4S2/c1-24-18(21)15-11-7-3-2-4-9-13(11)25-17(15)19-16-12-8-5-6-10-14(12)26(22,23)20-16/h5-6,8,10H,2-4,7,9H2,1H3,(H,19,20). The number of fused-ring (bicyclic) bond motifs is 2. The molecule has 0 spiro atoms. The third-order valence-corrected chi connectivity index (χ3v) is 7.22. The number of hydrogen-bond acceptors (Lipinski definition) is 6. The molecule has 1 aliphatic carbocycles. The molecular formula is C18H18N2O4S2. The van der Waals surface area contributed by atoms with Gasteiger partial charge >= 0.3 is 5.97 Å². The van der Waals surface area contributed by atoms with Crippen molar-refractivity contribution in [2.24, 2.45) is 4.40 Å². The third-order valence-electron chi connectivity index (χ3n) is 4.67. The van der Waals surface area contributed by atoms with Crippen molar-refractivity contribution in [2.45, 2.75) is 37.0 Å². The second kappa shape index (κ2) is 6.51. The zero-order chi connectivity index (χ0) is 18.3. The fraction of sp³-hybridized carbons (Fsp3) is 0.333. The minimum absolute atomic E-state index is 0.181. The van der Waals surface area contributed by atoms with E-state index in [9.17, 15) is 13.2 Å². The molecule has 2 aromatic rings. The molecule has 0 fully saturated rings. The first-order valence-electron chi connectivity index (χ1n) is 8.45. The van der Waals surface area contributed by atoms with Crippen molar-refractivity contribution in [3.8, 4) is 0 Å². The summed E-state index contributed by atoms with van der Waals surface area (Å²) in [4.78, 5) is 13.8. The molecule has 4 rings (SSSR count). The minimum Gasteiger partial charge on any atom is -0.465 e. The number of carbonyl (C=O) groups is 1. The van der Waals surface area contributed by atoms with Gasteiger partial charge in [-0.2, -0.15) is 8.42 Å². The first-order valence-corrected chi connectivity index (χ1v) is 10.7. The van der Waals surface area contributed by atoms with Gasteiger partial charge in [-0.05, 0) is 43.4 Å². The van der Waals surface area contributed by atoms with E-state index in [1.54, 1.807) is 18.2 Å². The predicted octanol–water partition coefficient (Wildman–Crippen LogP) is 3.36. The number of nitrogens with zero attached hydrogens (tertiary/aromatic N) is 1. The largest absolute Gasteiger partial charge is 0.465 e. The summed E-state index contributed by atoms with van der Waals surface area (Å²) in [6.45, 7) is 0. The monoisotopic (exact) mass is 390 g/mol. The molecule has 1 N–H and O–H groups in total. The van der Waals surface area contributed by atoms with E-state index in [1.807, 2.05) is 0 Å². The number of aryl methyl sites for hydroxylation is 1. The number of ether oxygens (including phenoxy) is 1. The Labute approximate surface area is 156 Å². The van der Waals surface area contributed by atoms with Crippen LogP contribution in [-0.4, -0.2) is 27.3 Å². The highest BCUT2D eigenvalue weighted by molar-refractivity contribution is 7.90. The lowest BCUT2D eigenvalue weighted by molar-refractivity contribution is 0.0601. The first-order chi connectivity index (χ1) is 12.5. The summed E-state index contributed by atoms with van der Waals surface area (Å²) in [5.41, 5.74) is 2.06. The Bertz CT molecular complexity index is 1020. The molecule has 1 aliphatic heterocycles. The molecule has 0 atom stereocenters. The molecule has 0 amide bonds. The van der Waals surface area contributed by atoms with Crippen molar-refractivity contribution in [2.75, 3.05) is 12.4 Å². The van der Waals surface area contributed by atoms with Gasteiger partial charge in [-0.3, -0.25) is 0 Å². The Hall–Kier alpha value is -2.19. The number of amidine groups is 1. The van der Waals surface area contributed by atoms with Crippen LogP contribution in [0, 0.1) is 0 Å². The van der Waals surface area contributed by atoms with Crippen LogP contribution >= 0.6 is 11.3 Å². The maximum Gasteiger partial charge on any atom is 0.341 e. The smallest absolute Gasteiger partial charge is 0.341 e. The molecule has 0 saturated carbocycles. The van der Waals surface area contributed by atoms with Crippen molar-refractivity contribution in [3.05, 3.63) is 45.8 Å². The SMILES string of the molecule is COC(=O)c1c(NC2=NS(=O)(=O)c3ccccc32)sc2c1CCCCC2. The van der Waals surface area contributed by atoms with Gasteiger partial charge in [-0.25, -0.2) is 4.79 Å². The highest BCUT2D eigenvalue weighted by Gasteiger charge is 2.31. The van der Waals surface area contributed by atoms with E-state index in [-0.39, 0.29) is 10.7 Å². The van der Waals surface area contributed by atoms with Gasteiger partial charge in [0.25, 0.3) is 10.0 Å². The van der Waals surface area contributed by atoms with Gasteiger partial charge < -0.3 is 10.1 Å². The van der Waals surface area contributed by atoms with Gasteiger partial charge in [0.15, 0.2) is 5.84 Å². The normalized spacial score (nSPS) is 17.7. The third kappa shape index (κ3) is 2.83. The van der Waals surface area contributed by atoms with Gasteiger partial charge in [-0.1, -0.05) is 18.6 Å². The lowest BCUT2D eigenvalue weighted by atomic mass is 10.1. The van der Waals surface area contributed by atoms with E-state index in [4.69, 9.17) is 4.74 Å².